The lowest BCUT2D eigenvalue weighted by Crippen LogP contribution is -2.11. The van der Waals surface area contributed by atoms with Crippen LogP contribution in [0.15, 0.2) is 43.1 Å². The van der Waals surface area contributed by atoms with Crippen LogP contribution in [0.1, 0.15) is 24.4 Å². The molecule has 0 radical (unpaired) electrons. The molecule has 7 nitrogen and oxygen atoms in total. The van der Waals surface area contributed by atoms with E-state index in [0.29, 0.717) is 28.2 Å². The number of rotatable bonds is 4. The van der Waals surface area contributed by atoms with Crippen LogP contribution in [-0.4, -0.2) is 29.9 Å². The van der Waals surface area contributed by atoms with Gasteiger partial charge in [-0.3, -0.25) is 0 Å². The van der Waals surface area contributed by atoms with Crippen molar-refractivity contribution >= 4 is 17.0 Å². The van der Waals surface area contributed by atoms with Crippen LogP contribution >= 0.6 is 0 Å². The third-order valence-corrected chi connectivity index (χ3v) is 4.10. The Morgan fingerprint density at radius 1 is 1.07 bits per heavy atom. The van der Waals surface area contributed by atoms with Crippen LogP contribution in [0.3, 0.4) is 0 Å². The topological polar surface area (TPSA) is 95.2 Å². The summed E-state index contributed by atoms with van der Waals surface area (Å²) in [5.41, 5.74) is 1.74. The fourth-order valence-electron chi connectivity index (χ4n) is 2.85. The van der Waals surface area contributed by atoms with E-state index < -0.39 is 11.9 Å². The quantitative estimate of drug-likeness (QED) is 0.504. The van der Waals surface area contributed by atoms with E-state index in [1.807, 2.05) is 6.92 Å². The predicted octanol–water partition coefficient (Wildman–Crippen LogP) is 3.93. The minimum Gasteiger partial charge on any atom is -0.363 e. The zero-order chi connectivity index (χ0) is 19.0. The molecule has 0 saturated heterocycles. The molecule has 0 saturated carbocycles. The van der Waals surface area contributed by atoms with Crippen LogP contribution in [-0.2, 0) is 6.18 Å². The van der Waals surface area contributed by atoms with Gasteiger partial charge in [-0.1, -0.05) is 6.07 Å². The molecule has 1 atom stereocenters. The minimum atomic E-state index is -4.50. The molecule has 0 fully saturated rings. The highest BCUT2D eigenvalue weighted by molar-refractivity contribution is 5.82. The maximum Gasteiger partial charge on any atom is 0.433 e. The molecule has 0 aliphatic carbocycles. The summed E-state index contributed by atoms with van der Waals surface area (Å²) in [4.78, 5) is 22.2. The Bertz CT molecular complexity index is 1080. The zero-order valence-electron chi connectivity index (χ0n) is 14.0. The Labute approximate surface area is 151 Å². The molecule has 1 unspecified atom stereocenters. The molecule has 4 aromatic heterocycles. The van der Waals surface area contributed by atoms with Gasteiger partial charge in [0.1, 0.15) is 17.5 Å². The van der Waals surface area contributed by atoms with Gasteiger partial charge in [-0.25, -0.2) is 19.9 Å². The number of imidazole rings is 1. The summed E-state index contributed by atoms with van der Waals surface area (Å²) >= 11 is 0. The molecule has 138 valence electrons. The standard InChI is InChI=1S/C17H14F3N7/c1-9(26-16-14-15(23-7-22-14)24-8-25-16)13-10(5-6-21-13)11-3-2-4-12(27-11)17(18,19)20/h2-9,21H,1H3,(H2,22,23,24,25,26). The van der Waals surface area contributed by atoms with Crippen LogP contribution in [0.25, 0.3) is 22.4 Å². The summed E-state index contributed by atoms with van der Waals surface area (Å²) in [6.07, 6.45) is 0.0825. The second-order valence-corrected chi connectivity index (χ2v) is 5.90. The van der Waals surface area contributed by atoms with Gasteiger partial charge in [0.15, 0.2) is 11.5 Å². The van der Waals surface area contributed by atoms with Crippen molar-refractivity contribution in [1.29, 1.82) is 0 Å². The number of hydrogen-bond donors (Lipinski definition) is 3. The van der Waals surface area contributed by atoms with Gasteiger partial charge >= 0.3 is 6.18 Å². The molecule has 4 rings (SSSR count). The number of aromatic amines is 2. The number of aromatic nitrogens is 6. The van der Waals surface area contributed by atoms with Crippen molar-refractivity contribution < 1.29 is 13.2 Å². The van der Waals surface area contributed by atoms with Crippen LogP contribution < -0.4 is 5.32 Å². The molecule has 0 spiro atoms. The highest BCUT2D eigenvalue weighted by atomic mass is 19.4. The first-order valence-electron chi connectivity index (χ1n) is 8.06. The summed E-state index contributed by atoms with van der Waals surface area (Å²) in [5, 5.41) is 3.21. The van der Waals surface area contributed by atoms with Gasteiger partial charge in [0.2, 0.25) is 0 Å². The lowest BCUT2D eigenvalue weighted by Gasteiger charge is -2.16. The predicted molar refractivity (Wildman–Crippen MR) is 92.7 cm³/mol. The lowest BCUT2D eigenvalue weighted by atomic mass is 10.1. The van der Waals surface area contributed by atoms with Crippen molar-refractivity contribution in [1.82, 2.24) is 29.9 Å². The molecular formula is C17H14F3N7. The molecule has 0 aromatic carbocycles. The van der Waals surface area contributed by atoms with Crippen molar-refractivity contribution in [2.45, 2.75) is 19.1 Å². The fraction of sp³-hybridized carbons (Fsp3) is 0.176. The monoisotopic (exact) mass is 373 g/mol. The Morgan fingerprint density at radius 2 is 1.93 bits per heavy atom. The Hall–Kier alpha value is -3.43. The number of nitrogens with zero attached hydrogens (tertiary/aromatic N) is 4. The first-order valence-corrected chi connectivity index (χ1v) is 8.06. The average Bonchev–Trinajstić information content (AvgIpc) is 3.31. The van der Waals surface area contributed by atoms with Crippen molar-refractivity contribution in [3.63, 3.8) is 0 Å². The van der Waals surface area contributed by atoms with Gasteiger partial charge in [0, 0.05) is 17.5 Å². The molecule has 3 N–H and O–H groups in total. The minimum absolute atomic E-state index is 0.238. The maximum absolute atomic E-state index is 13.0. The number of anilines is 1. The third-order valence-electron chi connectivity index (χ3n) is 4.10. The van der Waals surface area contributed by atoms with E-state index in [1.54, 1.807) is 18.3 Å². The molecule has 10 heteroatoms. The number of alkyl halides is 3. The van der Waals surface area contributed by atoms with Crippen LogP contribution in [0.5, 0.6) is 0 Å². The molecule has 0 aliphatic rings. The Balaban J connectivity index is 1.67. The maximum atomic E-state index is 13.0. The van der Waals surface area contributed by atoms with Gasteiger partial charge in [-0.2, -0.15) is 13.2 Å². The van der Waals surface area contributed by atoms with E-state index in [2.05, 4.69) is 35.2 Å². The molecule has 0 bridgehead atoms. The SMILES string of the molecule is CC(Nc1ncnc2[nH]cnc12)c1[nH]ccc1-c1cccc(C(F)(F)F)n1. The normalized spacial score (nSPS) is 13.0. The highest BCUT2D eigenvalue weighted by Crippen LogP contribution is 2.32. The van der Waals surface area contributed by atoms with E-state index in [-0.39, 0.29) is 11.7 Å². The Morgan fingerprint density at radius 3 is 2.74 bits per heavy atom. The second-order valence-electron chi connectivity index (χ2n) is 5.90. The number of nitrogens with one attached hydrogen (secondary N) is 3. The number of fused-ring (bicyclic) bond motifs is 1. The van der Waals surface area contributed by atoms with Gasteiger partial charge in [-0.05, 0) is 25.1 Å². The summed E-state index contributed by atoms with van der Waals surface area (Å²) in [6.45, 7) is 1.86. The molecular weight excluding hydrogens is 359 g/mol. The van der Waals surface area contributed by atoms with E-state index in [0.717, 1.165) is 6.07 Å². The second kappa shape index (κ2) is 6.38. The summed E-state index contributed by atoms with van der Waals surface area (Å²) < 4.78 is 38.9. The van der Waals surface area contributed by atoms with E-state index >= 15 is 0 Å². The summed E-state index contributed by atoms with van der Waals surface area (Å²) in [7, 11) is 0. The smallest absolute Gasteiger partial charge is 0.363 e. The van der Waals surface area contributed by atoms with Crippen molar-refractivity contribution in [2.75, 3.05) is 5.32 Å². The first kappa shape index (κ1) is 17.0. The van der Waals surface area contributed by atoms with Crippen molar-refractivity contribution in [2.24, 2.45) is 0 Å². The highest BCUT2D eigenvalue weighted by Gasteiger charge is 2.32. The van der Waals surface area contributed by atoms with Crippen molar-refractivity contribution in [3.05, 3.63) is 54.5 Å². The van der Waals surface area contributed by atoms with Gasteiger partial charge in [-0.15, -0.1) is 0 Å². The van der Waals surface area contributed by atoms with E-state index in [1.165, 1.54) is 18.7 Å². The fourth-order valence-corrected chi connectivity index (χ4v) is 2.85. The van der Waals surface area contributed by atoms with Gasteiger partial charge in [0.25, 0.3) is 0 Å². The lowest BCUT2D eigenvalue weighted by molar-refractivity contribution is -0.141. The van der Waals surface area contributed by atoms with Crippen molar-refractivity contribution in [3.8, 4) is 11.3 Å². The van der Waals surface area contributed by atoms with Gasteiger partial charge < -0.3 is 15.3 Å². The third kappa shape index (κ3) is 3.21. The molecule has 27 heavy (non-hydrogen) atoms. The van der Waals surface area contributed by atoms with Crippen LogP contribution in [0.2, 0.25) is 0 Å². The van der Waals surface area contributed by atoms with E-state index in [4.69, 9.17) is 0 Å². The number of hydrogen-bond acceptors (Lipinski definition) is 5. The average molecular weight is 373 g/mol. The van der Waals surface area contributed by atoms with Crippen LogP contribution in [0, 0.1) is 0 Å². The van der Waals surface area contributed by atoms with Gasteiger partial charge in [0.05, 0.1) is 18.1 Å². The van der Waals surface area contributed by atoms with Crippen LogP contribution in [0.4, 0.5) is 19.0 Å². The molecule has 0 aliphatic heterocycles. The summed E-state index contributed by atoms with van der Waals surface area (Å²) in [5.74, 6) is 0.520. The van der Waals surface area contributed by atoms with E-state index in [9.17, 15) is 13.2 Å². The Kier molecular flexibility index (Phi) is 4.02. The first-order chi connectivity index (χ1) is 12.9. The number of pyridine rings is 1. The zero-order valence-corrected chi connectivity index (χ0v) is 14.0. The largest absolute Gasteiger partial charge is 0.433 e. The summed E-state index contributed by atoms with van der Waals surface area (Å²) in [6, 6.07) is 5.25. The number of H-pyrrole nitrogens is 2. The molecule has 4 aromatic rings. The number of halogens is 3. The molecule has 4 heterocycles. The molecule has 0 amide bonds.